The average molecular weight is 2050 g/mol. The van der Waals surface area contributed by atoms with Crippen LogP contribution in [0.25, 0.3) is 0 Å². The van der Waals surface area contributed by atoms with E-state index >= 15 is 0 Å². The molecule has 9 atom stereocenters. The van der Waals surface area contributed by atoms with Crippen LogP contribution in [0, 0.1) is 17.8 Å². The first-order valence-electron chi connectivity index (χ1n) is 51.7. The van der Waals surface area contributed by atoms with Crippen molar-refractivity contribution in [1.82, 2.24) is 16.0 Å². The van der Waals surface area contributed by atoms with Gasteiger partial charge in [0.15, 0.2) is 16.8 Å². The van der Waals surface area contributed by atoms with Gasteiger partial charge in [0, 0.05) is 25.8 Å². The van der Waals surface area contributed by atoms with Crippen molar-refractivity contribution in [2.24, 2.45) is 33.8 Å². The molecular weight excluding hydrogens is 1880 g/mol. The average Bonchev–Trinajstić information content (AvgIpc) is 0.807. The Hall–Kier alpha value is -12.1. The number of benzene rings is 3. The number of oxime groups is 2. The summed E-state index contributed by atoms with van der Waals surface area (Å²) in [6, 6.07) is 15.5. The molecule has 0 aromatic heterocycles. The fourth-order valence-electron chi connectivity index (χ4n) is 15.5. The van der Waals surface area contributed by atoms with E-state index in [9.17, 15) is 119 Å². The number of nitrogens with one attached hydrogen (secondary N) is 3. The SMILES string of the molecule is CCCCCCC/C(CCCCCC/C=C/[C@H](C(=O)N[C@@H](Cc1ccc(OCC=C(C)C)cc1)C(=O)O)[C@@](O)(CC(=O)O)C(=O)O)=N/OC.CCCCCCC/C(CCCCCC/C=C/[C@H](C(=O)N[C@@H](Cc1ccc(OCC=C(C)C)cc1)C(=O)O)[C@@](O)(CC(=O)O)C(=O)O)=N/OCCN.CCCCCCCCCCCCCC/C=C/[C@H](C(=O)N[C@@H](Cc1ccc(OCC=C(C)C)cc1)C(=O)O)[C@@](O)(CC(=O)O)C(=O)O. The van der Waals surface area contributed by atoms with Gasteiger partial charge in [-0.25, -0.2) is 28.8 Å². The van der Waals surface area contributed by atoms with Crippen molar-refractivity contribution in [3.05, 3.63) is 161 Å². The third-order valence-electron chi connectivity index (χ3n) is 24.1. The molecule has 35 heteroatoms. The van der Waals surface area contributed by atoms with Gasteiger partial charge in [-0.1, -0.05) is 268 Å². The molecule has 0 unspecified atom stereocenters. The van der Waals surface area contributed by atoms with Crippen LogP contribution in [0.3, 0.4) is 0 Å². The molecule has 17 N–H and O–H groups in total. The van der Waals surface area contributed by atoms with Gasteiger partial charge in [0.25, 0.3) is 0 Å². The molecule has 3 aromatic rings. The van der Waals surface area contributed by atoms with Crippen LogP contribution >= 0.6 is 0 Å². The van der Waals surface area contributed by atoms with Crippen LogP contribution in [0.15, 0.2) is 155 Å². The molecule has 818 valence electrons. The van der Waals surface area contributed by atoms with Gasteiger partial charge in [0.1, 0.15) is 68.9 Å². The summed E-state index contributed by atoms with van der Waals surface area (Å²) in [6.45, 7) is 20.1. The predicted octanol–water partition coefficient (Wildman–Crippen LogP) is 18.6. The van der Waals surface area contributed by atoms with E-state index in [-0.39, 0.29) is 19.3 Å². The maximum absolute atomic E-state index is 13.4. The number of allylic oxidation sites excluding steroid dienone is 6. The first-order chi connectivity index (χ1) is 69.6. The zero-order valence-electron chi connectivity index (χ0n) is 87.8. The Bertz CT molecular complexity index is 4570. The number of carboxylic acids is 9. The van der Waals surface area contributed by atoms with Crippen molar-refractivity contribution in [1.29, 1.82) is 0 Å². The van der Waals surface area contributed by atoms with Gasteiger partial charge in [0.05, 0.1) is 48.4 Å². The summed E-state index contributed by atoms with van der Waals surface area (Å²) >= 11 is 0. The Morgan fingerprint density at radius 1 is 0.342 bits per heavy atom. The van der Waals surface area contributed by atoms with E-state index in [0.29, 0.717) is 99.0 Å². The number of carboxylic acid groups (broad SMARTS) is 9. The summed E-state index contributed by atoms with van der Waals surface area (Å²) in [4.78, 5) is 157. The van der Waals surface area contributed by atoms with Crippen molar-refractivity contribution < 1.29 is 143 Å². The van der Waals surface area contributed by atoms with Gasteiger partial charge in [-0.3, -0.25) is 28.8 Å². The molecule has 146 heavy (non-hydrogen) atoms. The number of hydrogen-bond acceptors (Lipinski definition) is 23. The molecule has 0 aliphatic carbocycles. The van der Waals surface area contributed by atoms with Gasteiger partial charge >= 0.3 is 53.7 Å². The van der Waals surface area contributed by atoms with Crippen molar-refractivity contribution >= 4 is 82.9 Å². The number of amides is 3. The maximum atomic E-state index is 13.4. The van der Waals surface area contributed by atoms with E-state index in [1.165, 1.54) is 115 Å². The van der Waals surface area contributed by atoms with Gasteiger partial charge in [-0.2, -0.15) is 0 Å². The lowest BCUT2D eigenvalue weighted by Crippen LogP contribution is -2.55. The largest absolute Gasteiger partial charge is 0.490 e. The molecule has 0 saturated carbocycles. The molecule has 0 fully saturated rings. The molecule has 35 nitrogen and oxygen atoms in total. The summed E-state index contributed by atoms with van der Waals surface area (Å²) in [5.74, 6) is -21.9. The normalized spacial score (nSPS) is 13.9. The Labute approximate surface area is 862 Å². The lowest BCUT2D eigenvalue weighted by Gasteiger charge is -2.29. The molecule has 0 radical (unpaired) electrons. The van der Waals surface area contributed by atoms with Gasteiger partial charge in [-0.15, -0.1) is 0 Å². The van der Waals surface area contributed by atoms with E-state index in [1.807, 2.05) is 59.8 Å². The second-order valence-electron chi connectivity index (χ2n) is 37.7. The summed E-state index contributed by atoms with van der Waals surface area (Å²) in [7, 11) is 1.54. The quantitative estimate of drug-likeness (QED) is 0.0108. The highest BCUT2D eigenvalue weighted by molar-refractivity contribution is 5.97. The molecule has 3 rings (SSSR count). The number of carbonyl (C=O) groups excluding carboxylic acids is 3. The summed E-state index contributed by atoms with van der Waals surface area (Å²) in [5, 5.41) is 135. The smallest absolute Gasteiger partial charge is 0.337 e. The summed E-state index contributed by atoms with van der Waals surface area (Å²) in [6.07, 6.45) is 46.8. The zero-order valence-corrected chi connectivity index (χ0v) is 87.8. The van der Waals surface area contributed by atoms with Crippen LogP contribution in [0.1, 0.15) is 336 Å². The third kappa shape index (κ3) is 59.5. The Balaban J connectivity index is 0.00000110. The topological polar surface area (TPSA) is 581 Å². The van der Waals surface area contributed by atoms with Gasteiger partial charge in [0.2, 0.25) is 17.7 Å². The van der Waals surface area contributed by atoms with E-state index in [2.05, 4.69) is 47.0 Å². The van der Waals surface area contributed by atoms with Crippen LogP contribution in [0.2, 0.25) is 0 Å². The molecule has 0 saturated heterocycles. The minimum atomic E-state index is -3.02. The molecule has 0 aliphatic heterocycles. The highest BCUT2D eigenvalue weighted by atomic mass is 16.6. The Morgan fingerprint density at radius 3 is 0.788 bits per heavy atom. The van der Waals surface area contributed by atoms with Gasteiger partial charge < -0.3 is 107 Å². The Morgan fingerprint density at radius 2 is 0.575 bits per heavy atom. The lowest BCUT2D eigenvalue weighted by atomic mass is 9.82. The number of aliphatic hydroxyl groups is 3. The van der Waals surface area contributed by atoms with E-state index in [1.54, 1.807) is 86.0 Å². The van der Waals surface area contributed by atoms with Gasteiger partial charge in [-0.05, 0) is 203 Å². The molecule has 0 bridgehead atoms. The highest BCUT2D eigenvalue weighted by Crippen LogP contribution is 2.31. The zero-order chi connectivity index (χ0) is 109. The first kappa shape index (κ1) is 132. The number of carbonyl (C=O) groups is 12. The standard InChI is InChI=1S/C38H59N3O10.C37H56N2O10.C36H55NO9/c1-4-5-6-9-12-15-30(41-51-25-23-39)16-13-10-7-8-11-14-17-32(38(49,37(47)48)27-34(42)43)35(44)40-33(36(45)46)26-29-18-20-31(21-19-29)50-24-22-28(2)3;1-5-6-7-10-13-16-29(39-48-4)17-14-11-8-9-12-15-18-31(37(47,36(45)46)26-33(40)41)34(42)38-32(35(43)44)25-28-19-21-30(22-20-28)49-24-23-27(2)3;1-4-5-6-7-8-9-10-11-12-13-14-15-16-17-18-30(36(45,35(43)44)26-32(38)39)33(40)37-31(34(41)42)25-28-19-21-29(22-20-28)46-24-23-27(2)3/h14,17-22,32-33,49H,4-13,15-16,23-27,39H2,1-3H3,(H,40,44)(H,42,43)(H,45,46)(H,47,48);15,18-23,31-32,47H,5-14,16-17,24-26H2,1-4H3,(H,38,42)(H,40,41)(H,43,44)(H,45,46);17-23,30-31,45H,4-16,24-26H2,1-3H3,(H,37,40)(H,38,39)(H,41,42)(H,43,44)/b17-14+,41-30-;18-15+,39-29-;18-17+/t32-,33+,38+;31-,32+,37+;30-,31+,36+/m111/s1. The van der Waals surface area contributed by atoms with Crippen LogP contribution in [-0.4, -0.2) is 219 Å². The maximum Gasteiger partial charge on any atom is 0.337 e. The molecule has 3 aromatic carbocycles. The van der Waals surface area contributed by atoms with Crippen LogP contribution in [-0.2, 0) is 86.5 Å². The molecule has 0 spiro atoms. The van der Waals surface area contributed by atoms with E-state index in [4.69, 9.17) is 29.6 Å². The minimum absolute atomic E-state index is 0.130. The summed E-state index contributed by atoms with van der Waals surface area (Å²) < 4.78 is 16.8. The number of unbranched alkanes of at least 4 members (excludes halogenated alkanes) is 28. The number of aliphatic carboxylic acids is 9. The number of hydrogen-bond donors (Lipinski definition) is 16. The second-order valence-corrected chi connectivity index (χ2v) is 37.7. The van der Waals surface area contributed by atoms with E-state index < -0.39 is 143 Å². The lowest BCUT2D eigenvalue weighted by molar-refractivity contribution is -0.172. The monoisotopic (exact) mass is 2050 g/mol. The van der Waals surface area contributed by atoms with Crippen molar-refractivity contribution in [3.63, 3.8) is 0 Å². The van der Waals surface area contributed by atoms with Crippen LogP contribution in [0.4, 0.5) is 0 Å². The first-order valence-corrected chi connectivity index (χ1v) is 51.7. The predicted molar refractivity (Wildman–Crippen MR) is 561 cm³/mol. The second kappa shape index (κ2) is 78.3. The summed E-state index contributed by atoms with van der Waals surface area (Å²) in [5.41, 5.74) is 3.54. The number of ether oxygens (including phenoxy) is 3. The highest BCUT2D eigenvalue weighted by Gasteiger charge is 2.52. The fraction of sp³-hybridized carbons (Fsp3) is 0.604. The van der Waals surface area contributed by atoms with Crippen molar-refractivity contribution in [3.8, 4) is 17.2 Å². The number of nitrogens with two attached hydrogens (primary N) is 1. The van der Waals surface area contributed by atoms with Crippen molar-refractivity contribution in [2.45, 2.75) is 373 Å². The van der Waals surface area contributed by atoms with Crippen LogP contribution in [0.5, 0.6) is 17.2 Å². The molecule has 0 aliphatic rings. The number of rotatable bonds is 82. The molecule has 3 amide bonds. The van der Waals surface area contributed by atoms with Crippen LogP contribution < -0.4 is 35.9 Å². The molecular formula is C111H170N6O29. The van der Waals surface area contributed by atoms with Crippen molar-refractivity contribution in [2.75, 3.05) is 40.1 Å². The Kier molecular flexibility index (Phi) is 70.7. The van der Waals surface area contributed by atoms with E-state index in [0.717, 1.165) is 149 Å². The number of nitrogens with zero attached hydrogens (tertiary/aromatic N) is 2. The fourth-order valence-corrected chi connectivity index (χ4v) is 15.5. The third-order valence-corrected chi connectivity index (χ3v) is 24.1. The minimum Gasteiger partial charge on any atom is -0.490 e. The molecule has 0 heterocycles.